The SMILES string of the molecule is CC(O)C[C@@]1(c2c[nH]c(=O)[nH]c2=O)O[C@H](CO)[C@@H](O)[C@H]1O. The molecule has 0 aromatic carbocycles. The molecule has 1 aliphatic heterocycles. The molecule has 0 spiro atoms. The van der Waals surface area contributed by atoms with Crippen molar-refractivity contribution >= 4 is 0 Å². The van der Waals surface area contributed by atoms with Gasteiger partial charge in [-0.05, 0) is 6.92 Å². The van der Waals surface area contributed by atoms with E-state index in [0.29, 0.717) is 0 Å². The summed E-state index contributed by atoms with van der Waals surface area (Å²) in [7, 11) is 0. The molecule has 0 amide bonds. The minimum Gasteiger partial charge on any atom is -0.394 e. The maximum atomic E-state index is 12.0. The van der Waals surface area contributed by atoms with Crippen molar-refractivity contribution in [3.63, 3.8) is 0 Å². The van der Waals surface area contributed by atoms with Crippen LogP contribution < -0.4 is 11.2 Å². The number of nitrogens with one attached hydrogen (secondary N) is 2. The second kappa shape index (κ2) is 5.70. The molecule has 0 bridgehead atoms. The van der Waals surface area contributed by atoms with Gasteiger partial charge < -0.3 is 30.1 Å². The van der Waals surface area contributed by atoms with E-state index in [1.165, 1.54) is 6.92 Å². The molecule has 0 radical (unpaired) electrons. The van der Waals surface area contributed by atoms with Crippen molar-refractivity contribution in [1.29, 1.82) is 0 Å². The fourth-order valence-corrected chi connectivity index (χ4v) is 2.70. The molecule has 1 fully saturated rings. The molecule has 0 saturated carbocycles. The van der Waals surface area contributed by atoms with Crippen LogP contribution in [0.1, 0.15) is 18.9 Å². The van der Waals surface area contributed by atoms with E-state index in [1.807, 2.05) is 4.98 Å². The number of hydrogen-bond donors (Lipinski definition) is 6. The van der Waals surface area contributed by atoms with Crippen LogP contribution in [0.15, 0.2) is 15.8 Å². The quantitative estimate of drug-likeness (QED) is 0.349. The third-order valence-electron chi connectivity index (χ3n) is 3.60. The fraction of sp³-hybridized carbons (Fsp3) is 0.667. The summed E-state index contributed by atoms with van der Waals surface area (Å²) in [6, 6.07) is 0. The predicted octanol–water partition coefficient (Wildman–Crippen LogP) is -2.86. The van der Waals surface area contributed by atoms with Crippen LogP contribution in [-0.4, -0.2) is 61.4 Å². The Balaban J connectivity index is 2.58. The molecule has 1 aliphatic rings. The summed E-state index contributed by atoms with van der Waals surface area (Å²) in [5, 5.41) is 39.0. The van der Waals surface area contributed by atoms with E-state index < -0.39 is 47.9 Å². The summed E-state index contributed by atoms with van der Waals surface area (Å²) >= 11 is 0. The van der Waals surface area contributed by atoms with E-state index in [4.69, 9.17) is 4.74 Å². The topological polar surface area (TPSA) is 156 Å². The van der Waals surface area contributed by atoms with Crippen molar-refractivity contribution in [2.24, 2.45) is 0 Å². The van der Waals surface area contributed by atoms with Gasteiger partial charge in [0, 0.05) is 12.6 Å². The van der Waals surface area contributed by atoms with Gasteiger partial charge in [0.1, 0.15) is 23.9 Å². The van der Waals surface area contributed by atoms with E-state index in [0.717, 1.165) is 6.20 Å². The standard InChI is InChI=1S/C12H18N2O7/c1-5(16)2-12(6-3-13-11(20)14-10(6)19)9(18)8(17)7(4-15)21-12/h3,5,7-9,15-18H,2,4H2,1H3,(H2,13,14,19,20)/t5?,7-,8-,9-,12+/m1/s1. The average molecular weight is 302 g/mol. The van der Waals surface area contributed by atoms with Crippen LogP contribution in [0.2, 0.25) is 0 Å². The van der Waals surface area contributed by atoms with Gasteiger partial charge in [0.15, 0.2) is 0 Å². The highest BCUT2D eigenvalue weighted by molar-refractivity contribution is 5.22. The molecule has 118 valence electrons. The van der Waals surface area contributed by atoms with Gasteiger partial charge in [-0.25, -0.2) is 4.79 Å². The number of aliphatic hydroxyl groups excluding tert-OH is 4. The Morgan fingerprint density at radius 1 is 1.43 bits per heavy atom. The van der Waals surface area contributed by atoms with Gasteiger partial charge in [-0.1, -0.05) is 0 Å². The molecule has 1 saturated heterocycles. The van der Waals surface area contributed by atoms with E-state index in [9.17, 15) is 30.0 Å². The maximum absolute atomic E-state index is 12.0. The van der Waals surface area contributed by atoms with Crippen molar-refractivity contribution in [2.75, 3.05) is 6.61 Å². The highest BCUT2D eigenvalue weighted by atomic mass is 16.6. The molecule has 21 heavy (non-hydrogen) atoms. The normalized spacial score (nSPS) is 34.0. The summed E-state index contributed by atoms with van der Waals surface area (Å²) in [4.78, 5) is 27.3. The molecule has 9 nitrogen and oxygen atoms in total. The van der Waals surface area contributed by atoms with Crippen molar-refractivity contribution in [2.45, 2.75) is 43.4 Å². The number of rotatable bonds is 4. The van der Waals surface area contributed by atoms with Crippen LogP contribution in [0.3, 0.4) is 0 Å². The number of ether oxygens (including phenoxy) is 1. The van der Waals surface area contributed by atoms with Gasteiger partial charge >= 0.3 is 5.69 Å². The van der Waals surface area contributed by atoms with Crippen LogP contribution in [-0.2, 0) is 10.3 Å². The van der Waals surface area contributed by atoms with Gasteiger partial charge in [0.2, 0.25) is 0 Å². The fourth-order valence-electron chi connectivity index (χ4n) is 2.70. The zero-order chi connectivity index (χ0) is 15.8. The third-order valence-corrected chi connectivity index (χ3v) is 3.60. The lowest BCUT2D eigenvalue weighted by Gasteiger charge is -2.32. The van der Waals surface area contributed by atoms with E-state index in [2.05, 4.69) is 4.98 Å². The zero-order valence-electron chi connectivity index (χ0n) is 11.3. The molecule has 1 aromatic rings. The largest absolute Gasteiger partial charge is 0.394 e. The Labute approximate surface area is 118 Å². The van der Waals surface area contributed by atoms with Gasteiger partial charge in [-0.15, -0.1) is 0 Å². The molecule has 1 aromatic heterocycles. The second-order valence-electron chi connectivity index (χ2n) is 5.20. The molecule has 0 aliphatic carbocycles. The zero-order valence-corrected chi connectivity index (χ0v) is 11.3. The van der Waals surface area contributed by atoms with Gasteiger partial charge in [0.25, 0.3) is 5.56 Å². The van der Waals surface area contributed by atoms with Gasteiger partial charge in [0.05, 0.1) is 18.3 Å². The molecule has 1 unspecified atom stereocenters. The number of H-pyrrole nitrogens is 2. The molecular formula is C12H18N2O7. The van der Waals surface area contributed by atoms with Crippen molar-refractivity contribution < 1.29 is 25.2 Å². The van der Waals surface area contributed by atoms with E-state index in [1.54, 1.807) is 0 Å². The molecular weight excluding hydrogens is 284 g/mol. The summed E-state index contributed by atoms with van der Waals surface area (Å²) in [6.07, 6.45) is -4.17. The van der Waals surface area contributed by atoms with Crippen molar-refractivity contribution in [3.8, 4) is 0 Å². The summed E-state index contributed by atoms with van der Waals surface area (Å²) in [5.41, 5.74) is -3.39. The highest BCUT2D eigenvalue weighted by Gasteiger charge is 2.56. The van der Waals surface area contributed by atoms with Crippen LogP contribution in [0.25, 0.3) is 0 Å². The summed E-state index contributed by atoms with van der Waals surface area (Å²) in [6.45, 7) is 0.859. The minimum absolute atomic E-state index is 0.134. The Hall–Kier alpha value is -1.52. The van der Waals surface area contributed by atoms with Crippen LogP contribution in [0.4, 0.5) is 0 Å². The third kappa shape index (κ3) is 2.65. The number of aliphatic hydroxyl groups is 4. The number of aromatic nitrogens is 2. The van der Waals surface area contributed by atoms with Crippen LogP contribution >= 0.6 is 0 Å². The first kappa shape index (κ1) is 15.9. The predicted molar refractivity (Wildman–Crippen MR) is 69.6 cm³/mol. The van der Waals surface area contributed by atoms with E-state index in [-0.39, 0.29) is 12.0 Å². The Morgan fingerprint density at radius 3 is 2.57 bits per heavy atom. The Bertz CT molecular complexity index is 610. The minimum atomic E-state index is -1.72. The van der Waals surface area contributed by atoms with Crippen LogP contribution in [0, 0.1) is 0 Å². The lowest BCUT2D eigenvalue weighted by Crippen LogP contribution is -2.47. The molecule has 2 heterocycles. The Kier molecular flexibility index (Phi) is 4.30. The first-order valence-corrected chi connectivity index (χ1v) is 6.47. The average Bonchev–Trinajstić information content (AvgIpc) is 2.63. The lowest BCUT2D eigenvalue weighted by atomic mass is 9.84. The Morgan fingerprint density at radius 2 is 2.10 bits per heavy atom. The lowest BCUT2D eigenvalue weighted by molar-refractivity contribution is -0.119. The summed E-state index contributed by atoms with van der Waals surface area (Å²) in [5.74, 6) is 0. The van der Waals surface area contributed by atoms with E-state index >= 15 is 0 Å². The maximum Gasteiger partial charge on any atom is 0.325 e. The molecule has 5 atom stereocenters. The number of hydrogen-bond acceptors (Lipinski definition) is 7. The van der Waals surface area contributed by atoms with Gasteiger partial charge in [-0.2, -0.15) is 0 Å². The van der Waals surface area contributed by atoms with Crippen molar-refractivity contribution in [1.82, 2.24) is 9.97 Å². The first-order chi connectivity index (χ1) is 9.81. The van der Waals surface area contributed by atoms with Crippen molar-refractivity contribution in [3.05, 3.63) is 32.6 Å². The molecule has 9 heteroatoms. The second-order valence-corrected chi connectivity index (χ2v) is 5.20. The number of aromatic amines is 2. The van der Waals surface area contributed by atoms with Gasteiger partial charge in [-0.3, -0.25) is 9.78 Å². The molecule has 6 N–H and O–H groups in total. The summed E-state index contributed by atoms with van der Waals surface area (Å²) < 4.78 is 5.49. The highest BCUT2D eigenvalue weighted by Crippen LogP contribution is 2.41. The van der Waals surface area contributed by atoms with Crippen LogP contribution in [0.5, 0.6) is 0 Å². The first-order valence-electron chi connectivity index (χ1n) is 6.47. The molecule has 2 rings (SSSR count). The smallest absolute Gasteiger partial charge is 0.325 e. The monoisotopic (exact) mass is 302 g/mol.